The topological polar surface area (TPSA) is 100 Å². The highest BCUT2D eigenvalue weighted by Gasteiger charge is 2.12. The molecule has 2 aromatic carbocycles. The number of benzene rings is 2. The molecule has 0 fully saturated rings. The first-order chi connectivity index (χ1) is 10.3. The van der Waals surface area contributed by atoms with Crippen LogP contribution in [0.1, 0.15) is 0 Å². The van der Waals surface area contributed by atoms with Crippen LogP contribution in [0.15, 0.2) is 47.7 Å². The van der Waals surface area contributed by atoms with Crippen molar-refractivity contribution in [2.75, 3.05) is 5.73 Å². The molecule has 0 saturated heterocycles. The summed E-state index contributed by atoms with van der Waals surface area (Å²) in [6, 6.07) is 9.51. The molecule has 6 heteroatoms. The van der Waals surface area contributed by atoms with Gasteiger partial charge in [0.2, 0.25) is 0 Å². The van der Waals surface area contributed by atoms with Gasteiger partial charge in [0.05, 0.1) is 34.6 Å². The van der Waals surface area contributed by atoms with Gasteiger partial charge in [-0.3, -0.25) is 9.89 Å². The highest BCUT2D eigenvalue weighted by molar-refractivity contribution is 6.04. The third kappa shape index (κ3) is 1.62. The number of hydrogen-bond acceptors (Lipinski definition) is 4. The van der Waals surface area contributed by atoms with E-state index in [-0.39, 0.29) is 5.56 Å². The average Bonchev–Trinajstić information content (AvgIpc) is 2.96. The first-order valence-corrected chi connectivity index (χ1v) is 6.44. The second kappa shape index (κ2) is 4.17. The van der Waals surface area contributed by atoms with Gasteiger partial charge < -0.3 is 10.7 Å². The Hall–Kier alpha value is -3.15. The summed E-state index contributed by atoms with van der Waals surface area (Å²) in [5.41, 5.74) is 9.65. The Morgan fingerprint density at radius 2 is 2.00 bits per heavy atom. The van der Waals surface area contributed by atoms with E-state index in [4.69, 9.17) is 5.73 Å². The number of H-pyrrole nitrogens is 2. The number of aromatic nitrogens is 4. The van der Waals surface area contributed by atoms with E-state index >= 15 is 0 Å². The fraction of sp³-hybridized carbons (Fsp3) is 0. The quantitative estimate of drug-likeness (QED) is 0.463. The van der Waals surface area contributed by atoms with Gasteiger partial charge in [-0.2, -0.15) is 5.10 Å². The SMILES string of the molecule is Nc1c(-c2cccc3[nH]ncc23)ccc2nc[nH]c(=O)c12. The van der Waals surface area contributed by atoms with Gasteiger partial charge in [0.25, 0.3) is 5.56 Å². The number of nitrogens with one attached hydrogen (secondary N) is 2. The largest absolute Gasteiger partial charge is 0.398 e. The Kier molecular flexibility index (Phi) is 2.32. The van der Waals surface area contributed by atoms with Crippen molar-refractivity contribution in [2.24, 2.45) is 0 Å². The zero-order valence-corrected chi connectivity index (χ0v) is 10.9. The Balaban J connectivity index is 2.12. The Bertz CT molecular complexity index is 1030. The second-order valence-corrected chi connectivity index (χ2v) is 4.79. The average molecular weight is 277 g/mol. The van der Waals surface area contributed by atoms with E-state index in [1.807, 2.05) is 24.3 Å². The minimum Gasteiger partial charge on any atom is -0.398 e. The number of fused-ring (bicyclic) bond motifs is 2. The molecule has 4 N–H and O–H groups in total. The molecule has 0 atom stereocenters. The predicted octanol–water partition coefficient (Wildman–Crippen LogP) is 2.05. The molecule has 0 amide bonds. The number of rotatable bonds is 1. The van der Waals surface area contributed by atoms with E-state index in [0.717, 1.165) is 22.0 Å². The summed E-state index contributed by atoms with van der Waals surface area (Å²) >= 11 is 0. The van der Waals surface area contributed by atoms with Gasteiger partial charge in [0.15, 0.2) is 0 Å². The molecular formula is C15H11N5O. The summed E-state index contributed by atoms with van der Waals surface area (Å²) in [7, 11) is 0. The van der Waals surface area contributed by atoms with Crippen LogP contribution in [0.3, 0.4) is 0 Å². The Labute approximate surface area is 118 Å². The number of aromatic amines is 2. The molecule has 0 aliphatic rings. The molecule has 0 radical (unpaired) electrons. The van der Waals surface area contributed by atoms with Gasteiger partial charge >= 0.3 is 0 Å². The van der Waals surface area contributed by atoms with Crippen LogP contribution in [0.4, 0.5) is 5.69 Å². The van der Waals surface area contributed by atoms with E-state index in [0.29, 0.717) is 16.6 Å². The minimum atomic E-state index is -0.237. The second-order valence-electron chi connectivity index (χ2n) is 4.79. The number of anilines is 1. The summed E-state index contributed by atoms with van der Waals surface area (Å²) in [6.07, 6.45) is 3.13. The Morgan fingerprint density at radius 1 is 1.10 bits per heavy atom. The monoisotopic (exact) mass is 277 g/mol. The first kappa shape index (κ1) is 11.7. The smallest absolute Gasteiger partial charge is 0.260 e. The van der Waals surface area contributed by atoms with Crippen LogP contribution in [0.5, 0.6) is 0 Å². The van der Waals surface area contributed by atoms with Gasteiger partial charge in [-0.05, 0) is 17.7 Å². The molecule has 4 aromatic rings. The van der Waals surface area contributed by atoms with Crippen molar-refractivity contribution < 1.29 is 0 Å². The van der Waals surface area contributed by atoms with Crippen molar-refractivity contribution in [3.8, 4) is 11.1 Å². The maximum absolute atomic E-state index is 12.0. The van der Waals surface area contributed by atoms with Crippen molar-refractivity contribution in [3.05, 3.63) is 53.2 Å². The van der Waals surface area contributed by atoms with E-state index in [1.54, 1.807) is 12.3 Å². The zero-order valence-electron chi connectivity index (χ0n) is 10.9. The molecule has 21 heavy (non-hydrogen) atoms. The maximum Gasteiger partial charge on any atom is 0.260 e. The molecule has 102 valence electrons. The third-order valence-corrected chi connectivity index (χ3v) is 3.62. The van der Waals surface area contributed by atoms with Crippen molar-refractivity contribution in [1.29, 1.82) is 0 Å². The standard InChI is InChI=1S/C15H11N5O/c16-14-9(4-5-12-13(14)15(21)18-7-17-12)8-2-1-3-11-10(8)6-19-20-11/h1-7H,16H2,(H,19,20)(H,17,18,21). The highest BCUT2D eigenvalue weighted by Crippen LogP contribution is 2.34. The van der Waals surface area contributed by atoms with Crippen molar-refractivity contribution in [3.63, 3.8) is 0 Å². The molecule has 0 aliphatic carbocycles. The molecule has 0 saturated carbocycles. The minimum absolute atomic E-state index is 0.237. The Morgan fingerprint density at radius 3 is 2.90 bits per heavy atom. The molecule has 0 aliphatic heterocycles. The van der Waals surface area contributed by atoms with Crippen molar-refractivity contribution in [2.45, 2.75) is 0 Å². The number of nitrogen functional groups attached to an aromatic ring is 1. The molecule has 0 bridgehead atoms. The first-order valence-electron chi connectivity index (χ1n) is 6.44. The molecule has 2 heterocycles. The predicted molar refractivity (Wildman–Crippen MR) is 81.9 cm³/mol. The van der Waals surface area contributed by atoms with Crippen LogP contribution < -0.4 is 11.3 Å². The fourth-order valence-electron chi connectivity index (χ4n) is 2.62. The lowest BCUT2D eigenvalue weighted by Gasteiger charge is -2.09. The molecule has 2 aromatic heterocycles. The number of nitrogens with two attached hydrogens (primary N) is 1. The summed E-state index contributed by atoms with van der Waals surface area (Å²) in [4.78, 5) is 18.7. The van der Waals surface area contributed by atoms with E-state index < -0.39 is 0 Å². The molecule has 6 nitrogen and oxygen atoms in total. The van der Waals surface area contributed by atoms with Crippen LogP contribution in [-0.4, -0.2) is 20.2 Å². The zero-order chi connectivity index (χ0) is 14.4. The molecule has 4 rings (SSSR count). The summed E-state index contributed by atoms with van der Waals surface area (Å²) in [5, 5.41) is 8.35. The van der Waals surface area contributed by atoms with Crippen LogP contribution in [-0.2, 0) is 0 Å². The van der Waals surface area contributed by atoms with Gasteiger partial charge in [-0.1, -0.05) is 18.2 Å². The maximum atomic E-state index is 12.0. The van der Waals surface area contributed by atoms with Crippen LogP contribution >= 0.6 is 0 Å². The number of nitrogens with zero attached hydrogens (tertiary/aromatic N) is 2. The van der Waals surface area contributed by atoms with E-state index in [1.165, 1.54) is 6.33 Å². The van der Waals surface area contributed by atoms with Gasteiger partial charge in [0.1, 0.15) is 0 Å². The molecular weight excluding hydrogens is 266 g/mol. The van der Waals surface area contributed by atoms with Gasteiger partial charge in [-0.15, -0.1) is 0 Å². The lowest BCUT2D eigenvalue weighted by atomic mass is 9.98. The highest BCUT2D eigenvalue weighted by atomic mass is 16.1. The third-order valence-electron chi connectivity index (χ3n) is 3.62. The molecule has 0 spiro atoms. The summed E-state index contributed by atoms with van der Waals surface area (Å²) in [6.45, 7) is 0. The molecule has 0 unspecified atom stereocenters. The normalized spacial score (nSPS) is 11.2. The van der Waals surface area contributed by atoms with Crippen molar-refractivity contribution in [1.82, 2.24) is 20.2 Å². The fourth-order valence-corrected chi connectivity index (χ4v) is 2.62. The van der Waals surface area contributed by atoms with Crippen molar-refractivity contribution >= 4 is 27.5 Å². The summed E-state index contributed by atoms with van der Waals surface area (Å²) in [5.74, 6) is 0. The van der Waals surface area contributed by atoms with Crippen LogP contribution in [0.2, 0.25) is 0 Å². The lowest BCUT2D eigenvalue weighted by molar-refractivity contribution is 1.12. The van der Waals surface area contributed by atoms with Crippen LogP contribution in [0.25, 0.3) is 32.9 Å². The van der Waals surface area contributed by atoms with Gasteiger partial charge in [0, 0.05) is 10.9 Å². The van der Waals surface area contributed by atoms with E-state index in [9.17, 15) is 4.79 Å². The van der Waals surface area contributed by atoms with E-state index in [2.05, 4.69) is 20.2 Å². The van der Waals surface area contributed by atoms with Gasteiger partial charge in [-0.25, -0.2) is 4.98 Å². The summed E-state index contributed by atoms with van der Waals surface area (Å²) < 4.78 is 0. The lowest BCUT2D eigenvalue weighted by Crippen LogP contribution is -2.09. The number of hydrogen-bond donors (Lipinski definition) is 3. The van der Waals surface area contributed by atoms with Crippen LogP contribution in [0, 0.1) is 0 Å².